The van der Waals surface area contributed by atoms with Gasteiger partial charge in [-0.2, -0.15) is 0 Å². The molecule has 0 heterocycles. The van der Waals surface area contributed by atoms with Crippen LogP contribution in [0.5, 0.6) is 5.75 Å². The minimum absolute atomic E-state index is 0.446. The number of rotatable bonds is 5. The van der Waals surface area contributed by atoms with Gasteiger partial charge in [0.1, 0.15) is 5.75 Å². The molecule has 1 aliphatic carbocycles. The molecule has 1 N–H and O–H groups in total. The average molecular weight is 244 g/mol. The van der Waals surface area contributed by atoms with E-state index in [1.165, 1.54) is 32.1 Å². The maximum atomic E-state index is 9.73. The molecule has 98 valence electrons. The summed E-state index contributed by atoms with van der Waals surface area (Å²) in [5.41, 5.74) is 2.74. The first kappa shape index (κ1) is 13.2. The summed E-state index contributed by atoms with van der Waals surface area (Å²) < 4.78 is 0. The largest absolute Gasteiger partial charge is 0.508 e. The zero-order valence-electron chi connectivity index (χ0n) is 11.4. The van der Waals surface area contributed by atoms with Crippen LogP contribution < -0.4 is 0 Å². The van der Waals surface area contributed by atoms with Gasteiger partial charge in [-0.1, -0.05) is 36.8 Å². The predicted molar refractivity (Wildman–Crippen MR) is 76.8 cm³/mol. The van der Waals surface area contributed by atoms with Gasteiger partial charge in [0.15, 0.2) is 0 Å². The van der Waals surface area contributed by atoms with Crippen LogP contribution in [0.4, 0.5) is 0 Å². The van der Waals surface area contributed by atoms with Gasteiger partial charge in [-0.25, -0.2) is 0 Å². The molecular formula is C17H24O. The number of hydrogen-bond acceptors (Lipinski definition) is 1. The van der Waals surface area contributed by atoms with E-state index in [4.69, 9.17) is 0 Å². The van der Waals surface area contributed by atoms with E-state index in [1.54, 1.807) is 11.6 Å². The van der Waals surface area contributed by atoms with Crippen molar-refractivity contribution < 1.29 is 5.11 Å². The zero-order chi connectivity index (χ0) is 12.8. The fourth-order valence-corrected chi connectivity index (χ4v) is 2.76. The molecule has 0 saturated heterocycles. The van der Waals surface area contributed by atoms with Gasteiger partial charge >= 0.3 is 0 Å². The van der Waals surface area contributed by atoms with Gasteiger partial charge in [-0.15, -0.1) is 0 Å². The maximum Gasteiger partial charge on any atom is 0.118 e. The third-order valence-corrected chi connectivity index (χ3v) is 3.89. The second-order valence-corrected chi connectivity index (χ2v) is 5.58. The molecule has 1 aromatic carbocycles. The Hall–Kier alpha value is -1.24. The van der Waals surface area contributed by atoms with Crippen LogP contribution in [0.3, 0.4) is 0 Å². The van der Waals surface area contributed by atoms with E-state index in [2.05, 4.69) is 13.0 Å². The van der Waals surface area contributed by atoms with Crippen LogP contribution in [-0.2, 0) is 6.42 Å². The number of phenols is 1. The fourth-order valence-electron chi connectivity index (χ4n) is 2.76. The summed E-state index contributed by atoms with van der Waals surface area (Å²) in [5, 5.41) is 9.73. The Morgan fingerprint density at radius 3 is 2.78 bits per heavy atom. The Morgan fingerprint density at radius 2 is 2.06 bits per heavy atom. The standard InChI is InChI=1S/C17H24O/c1-14(13-15-7-3-2-4-8-15)11-12-16-9-5-6-10-17(16)18/h5-7,9-10,14,18H,2-4,8,11-13H2,1H3/t14-/m1/s1. The Balaban J connectivity index is 1.79. The van der Waals surface area contributed by atoms with Crippen LogP contribution in [0.15, 0.2) is 35.9 Å². The van der Waals surface area contributed by atoms with E-state index in [0.717, 1.165) is 18.4 Å². The molecule has 0 spiro atoms. The van der Waals surface area contributed by atoms with E-state index in [0.29, 0.717) is 11.7 Å². The molecule has 0 amide bonds. The minimum Gasteiger partial charge on any atom is -0.508 e. The zero-order valence-corrected chi connectivity index (χ0v) is 11.4. The van der Waals surface area contributed by atoms with Crippen LogP contribution in [0.2, 0.25) is 0 Å². The van der Waals surface area contributed by atoms with Crippen LogP contribution in [0, 0.1) is 5.92 Å². The van der Waals surface area contributed by atoms with Gasteiger partial charge in [0.2, 0.25) is 0 Å². The topological polar surface area (TPSA) is 20.2 Å². The average Bonchev–Trinajstić information content (AvgIpc) is 2.39. The summed E-state index contributed by atoms with van der Waals surface area (Å²) in [5.74, 6) is 1.16. The maximum absolute atomic E-state index is 9.73. The van der Waals surface area contributed by atoms with Crippen LogP contribution >= 0.6 is 0 Å². The molecule has 0 saturated carbocycles. The van der Waals surface area contributed by atoms with Gasteiger partial charge in [-0.3, -0.25) is 0 Å². The fraction of sp³-hybridized carbons (Fsp3) is 0.529. The summed E-state index contributed by atoms with van der Waals surface area (Å²) in [4.78, 5) is 0. The number of allylic oxidation sites excluding steroid dienone is 2. The molecule has 2 rings (SSSR count). The molecule has 1 nitrogen and oxygen atoms in total. The molecule has 18 heavy (non-hydrogen) atoms. The lowest BCUT2D eigenvalue weighted by Crippen LogP contribution is -2.02. The van der Waals surface area contributed by atoms with Crippen LogP contribution in [0.25, 0.3) is 0 Å². The molecule has 0 fully saturated rings. The van der Waals surface area contributed by atoms with Crippen LogP contribution in [0.1, 0.15) is 51.0 Å². The normalized spacial score (nSPS) is 17.3. The second kappa shape index (κ2) is 6.63. The summed E-state index contributed by atoms with van der Waals surface area (Å²) in [7, 11) is 0. The van der Waals surface area contributed by atoms with Crippen LogP contribution in [-0.4, -0.2) is 5.11 Å². The van der Waals surface area contributed by atoms with Gasteiger partial charge in [0.05, 0.1) is 0 Å². The lowest BCUT2D eigenvalue weighted by atomic mass is 9.89. The lowest BCUT2D eigenvalue weighted by molar-refractivity contribution is 0.458. The first-order chi connectivity index (χ1) is 8.75. The van der Waals surface area contributed by atoms with Gasteiger partial charge < -0.3 is 5.11 Å². The summed E-state index contributed by atoms with van der Waals surface area (Å²) in [6.07, 6.45) is 11.2. The molecule has 0 radical (unpaired) electrons. The molecule has 1 heteroatoms. The number of benzene rings is 1. The Kier molecular flexibility index (Phi) is 4.86. The van der Waals surface area contributed by atoms with Crippen molar-refractivity contribution in [2.75, 3.05) is 0 Å². The lowest BCUT2D eigenvalue weighted by Gasteiger charge is -2.17. The molecule has 1 aromatic rings. The van der Waals surface area contributed by atoms with E-state index in [-0.39, 0.29) is 0 Å². The Labute approximate surface area is 111 Å². The highest BCUT2D eigenvalue weighted by Gasteiger charge is 2.10. The number of phenolic OH excluding ortho intramolecular Hbond substituents is 1. The van der Waals surface area contributed by atoms with Crippen molar-refractivity contribution in [1.29, 1.82) is 0 Å². The third kappa shape index (κ3) is 3.90. The number of aryl methyl sites for hydroxylation is 1. The van der Waals surface area contributed by atoms with E-state index >= 15 is 0 Å². The summed E-state index contributed by atoms with van der Waals surface area (Å²) >= 11 is 0. The van der Waals surface area contributed by atoms with Crippen molar-refractivity contribution in [3.05, 3.63) is 41.5 Å². The smallest absolute Gasteiger partial charge is 0.118 e. The highest BCUT2D eigenvalue weighted by atomic mass is 16.3. The van der Waals surface area contributed by atoms with E-state index < -0.39 is 0 Å². The number of aromatic hydroxyl groups is 1. The highest BCUT2D eigenvalue weighted by Crippen LogP contribution is 2.26. The van der Waals surface area contributed by atoms with Crippen molar-refractivity contribution in [3.63, 3.8) is 0 Å². The second-order valence-electron chi connectivity index (χ2n) is 5.58. The highest BCUT2D eigenvalue weighted by molar-refractivity contribution is 5.31. The van der Waals surface area contributed by atoms with Crippen molar-refractivity contribution in [2.45, 2.75) is 51.9 Å². The summed E-state index contributed by atoms with van der Waals surface area (Å²) in [6, 6.07) is 7.70. The van der Waals surface area contributed by atoms with Gasteiger partial charge in [-0.05, 0) is 62.5 Å². The predicted octanol–water partition coefficient (Wildman–Crippen LogP) is 4.85. The molecule has 1 atom stereocenters. The van der Waals surface area contributed by atoms with E-state index in [1.807, 2.05) is 18.2 Å². The van der Waals surface area contributed by atoms with Crippen molar-refractivity contribution in [1.82, 2.24) is 0 Å². The molecular weight excluding hydrogens is 220 g/mol. The molecule has 0 aromatic heterocycles. The summed E-state index contributed by atoms with van der Waals surface area (Å²) in [6.45, 7) is 2.33. The Bertz CT molecular complexity index is 406. The SMILES string of the molecule is C[C@H](CCc1ccccc1O)CC1=CCCCC1. The monoisotopic (exact) mass is 244 g/mol. The van der Waals surface area contributed by atoms with Crippen molar-refractivity contribution in [2.24, 2.45) is 5.92 Å². The minimum atomic E-state index is 0.446. The van der Waals surface area contributed by atoms with Gasteiger partial charge in [0.25, 0.3) is 0 Å². The molecule has 0 unspecified atom stereocenters. The molecule has 0 bridgehead atoms. The first-order valence-corrected chi connectivity index (χ1v) is 7.20. The molecule has 0 aliphatic heterocycles. The number of hydrogen-bond donors (Lipinski definition) is 1. The number of para-hydroxylation sites is 1. The third-order valence-electron chi connectivity index (χ3n) is 3.89. The first-order valence-electron chi connectivity index (χ1n) is 7.20. The molecule has 1 aliphatic rings. The van der Waals surface area contributed by atoms with Crippen molar-refractivity contribution in [3.8, 4) is 5.75 Å². The van der Waals surface area contributed by atoms with E-state index in [9.17, 15) is 5.11 Å². The van der Waals surface area contributed by atoms with Gasteiger partial charge in [0, 0.05) is 0 Å². The van der Waals surface area contributed by atoms with Crippen molar-refractivity contribution >= 4 is 0 Å². The Morgan fingerprint density at radius 1 is 1.22 bits per heavy atom. The quantitative estimate of drug-likeness (QED) is 0.734.